The van der Waals surface area contributed by atoms with E-state index in [9.17, 15) is 5.11 Å². The molecule has 176 valence electrons. The Hall–Kier alpha value is -0.560. The number of hydrogen-bond acceptors (Lipinski definition) is 1. The fraction of sp³-hybridized carbons (Fsp3) is 0.867. The lowest BCUT2D eigenvalue weighted by atomic mass is 9.47. The lowest BCUT2D eigenvalue weighted by Crippen LogP contribution is -2.49. The van der Waals surface area contributed by atoms with Gasteiger partial charge in [-0.3, -0.25) is 0 Å². The van der Waals surface area contributed by atoms with Gasteiger partial charge in [-0.1, -0.05) is 58.4 Å². The van der Waals surface area contributed by atoms with Crippen molar-refractivity contribution in [3.8, 4) is 0 Å². The predicted octanol–water partition coefficient (Wildman–Crippen LogP) is 8.19. The molecule has 0 radical (unpaired) electrons. The fourth-order valence-corrected chi connectivity index (χ4v) is 9.26. The Kier molecular flexibility index (Phi) is 6.59. The van der Waals surface area contributed by atoms with Gasteiger partial charge in [0.2, 0.25) is 0 Å². The van der Waals surface area contributed by atoms with Crippen molar-refractivity contribution in [2.45, 2.75) is 112 Å². The smallest absolute Gasteiger partial charge is 0.0543 e. The van der Waals surface area contributed by atoms with Gasteiger partial charge in [-0.2, -0.15) is 0 Å². The van der Waals surface area contributed by atoms with Gasteiger partial charge in [0.05, 0.1) is 6.10 Å². The molecule has 3 unspecified atom stereocenters. The zero-order valence-corrected chi connectivity index (χ0v) is 21.4. The highest BCUT2D eigenvalue weighted by Gasteiger charge is 2.58. The number of rotatable bonds is 6. The predicted molar refractivity (Wildman–Crippen MR) is 133 cm³/mol. The van der Waals surface area contributed by atoms with Crippen LogP contribution in [0, 0.1) is 52.3 Å². The van der Waals surface area contributed by atoms with Gasteiger partial charge in [-0.25, -0.2) is 0 Å². The van der Waals surface area contributed by atoms with Crippen molar-refractivity contribution < 1.29 is 5.11 Å². The molecule has 0 aromatic rings. The normalized spacial score (nSPS) is 44.1. The molecule has 3 fully saturated rings. The van der Waals surface area contributed by atoms with E-state index >= 15 is 0 Å². The monoisotopic (exact) mass is 426 g/mol. The van der Waals surface area contributed by atoms with Crippen LogP contribution >= 0.6 is 0 Å². The second-order valence-corrected chi connectivity index (χ2v) is 13.2. The summed E-state index contributed by atoms with van der Waals surface area (Å²) < 4.78 is 0. The van der Waals surface area contributed by atoms with Gasteiger partial charge >= 0.3 is 0 Å². The molecule has 0 saturated heterocycles. The summed E-state index contributed by atoms with van der Waals surface area (Å²) in [4.78, 5) is 0. The summed E-state index contributed by atoms with van der Waals surface area (Å²) in [6, 6.07) is 0. The Bertz CT molecular complexity index is 703. The summed E-state index contributed by atoms with van der Waals surface area (Å²) >= 11 is 0. The molecule has 0 bridgehead atoms. The molecule has 0 aliphatic heterocycles. The zero-order valence-electron chi connectivity index (χ0n) is 21.4. The summed E-state index contributed by atoms with van der Waals surface area (Å²) in [5.74, 6) is 5.43. The molecule has 1 heteroatoms. The summed E-state index contributed by atoms with van der Waals surface area (Å²) in [5.41, 5.74) is 4.20. The average molecular weight is 427 g/mol. The number of aliphatic hydroxyl groups excluding tert-OH is 1. The Balaban J connectivity index is 1.48. The van der Waals surface area contributed by atoms with Crippen molar-refractivity contribution in [2.75, 3.05) is 0 Å². The Morgan fingerprint density at radius 3 is 2.39 bits per heavy atom. The van der Waals surface area contributed by atoms with Crippen molar-refractivity contribution >= 4 is 0 Å². The Labute approximate surface area is 193 Å². The van der Waals surface area contributed by atoms with E-state index in [-0.39, 0.29) is 6.10 Å². The Morgan fingerprint density at radius 1 is 1.03 bits per heavy atom. The van der Waals surface area contributed by atoms with E-state index in [4.69, 9.17) is 0 Å². The van der Waals surface area contributed by atoms with Gasteiger partial charge in [0, 0.05) is 0 Å². The van der Waals surface area contributed by atoms with Crippen molar-refractivity contribution in [3.05, 3.63) is 23.8 Å². The first-order valence-electron chi connectivity index (χ1n) is 13.6. The minimum atomic E-state index is -0.0486. The first kappa shape index (κ1) is 23.6. The lowest BCUT2D eigenvalue weighted by molar-refractivity contribution is -0.0428. The first-order chi connectivity index (χ1) is 14.6. The first-order valence-corrected chi connectivity index (χ1v) is 13.6. The van der Waals surface area contributed by atoms with Crippen LogP contribution in [0.3, 0.4) is 0 Å². The van der Waals surface area contributed by atoms with Crippen LogP contribution in [0.2, 0.25) is 0 Å². The van der Waals surface area contributed by atoms with Crippen LogP contribution in [0.1, 0.15) is 106 Å². The highest BCUT2D eigenvalue weighted by atomic mass is 16.3. The van der Waals surface area contributed by atoms with Gasteiger partial charge in [0.15, 0.2) is 0 Å². The van der Waals surface area contributed by atoms with Crippen LogP contribution in [0.4, 0.5) is 0 Å². The second kappa shape index (κ2) is 8.66. The van der Waals surface area contributed by atoms with Gasteiger partial charge < -0.3 is 5.11 Å². The minimum Gasteiger partial charge on any atom is -0.393 e. The quantitative estimate of drug-likeness (QED) is 0.424. The highest BCUT2D eigenvalue weighted by molar-refractivity contribution is 5.27. The van der Waals surface area contributed by atoms with Gasteiger partial charge in [0.25, 0.3) is 0 Å². The summed E-state index contributed by atoms with van der Waals surface area (Å²) in [6.45, 7) is 19.1. The third-order valence-corrected chi connectivity index (χ3v) is 11.2. The number of aliphatic hydroxyl groups is 1. The molecule has 0 aromatic heterocycles. The van der Waals surface area contributed by atoms with Crippen LogP contribution in [-0.2, 0) is 0 Å². The van der Waals surface area contributed by atoms with E-state index in [1.165, 1.54) is 56.9 Å². The number of fused-ring (bicyclic) bond motifs is 5. The van der Waals surface area contributed by atoms with Crippen molar-refractivity contribution in [1.29, 1.82) is 0 Å². The average Bonchev–Trinajstić information content (AvgIpc) is 3.05. The van der Waals surface area contributed by atoms with E-state index in [0.29, 0.717) is 28.6 Å². The number of hydrogen-bond donors (Lipinski definition) is 1. The fourth-order valence-electron chi connectivity index (χ4n) is 9.26. The molecule has 1 nitrogen and oxygen atoms in total. The van der Waals surface area contributed by atoms with Crippen molar-refractivity contribution in [3.63, 3.8) is 0 Å². The van der Waals surface area contributed by atoms with Crippen molar-refractivity contribution in [1.82, 2.24) is 0 Å². The van der Waals surface area contributed by atoms with Crippen LogP contribution in [0.25, 0.3) is 0 Å². The molecule has 1 N–H and O–H groups in total. The van der Waals surface area contributed by atoms with Crippen LogP contribution in [0.15, 0.2) is 23.8 Å². The summed E-state index contributed by atoms with van der Waals surface area (Å²) in [5, 5.41) is 10.3. The topological polar surface area (TPSA) is 20.2 Å². The molecule has 0 amide bonds. The van der Waals surface area contributed by atoms with E-state index in [2.05, 4.69) is 54.2 Å². The second-order valence-electron chi connectivity index (χ2n) is 13.2. The van der Waals surface area contributed by atoms with Gasteiger partial charge in [0.1, 0.15) is 0 Å². The summed E-state index contributed by atoms with van der Waals surface area (Å²) in [7, 11) is 0. The summed E-state index contributed by atoms with van der Waals surface area (Å²) in [6.07, 6.45) is 15.5. The Morgan fingerprint density at radius 2 is 1.71 bits per heavy atom. The van der Waals surface area contributed by atoms with E-state index < -0.39 is 0 Å². The largest absolute Gasteiger partial charge is 0.393 e. The molecule has 31 heavy (non-hydrogen) atoms. The van der Waals surface area contributed by atoms with Crippen molar-refractivity contribution in [2.24, 2.45) is 52.3 Å². The third-order valence-electron chi connectivity index (χ3n) is 11.2. The molecule has 0 aromatic carbocycles. The molecule has 0 spiro atoms. The maximum atomic E-state index is 10.3. The minimum absolute atomic E-state index is 0.0486. The van der Waals surface area contributed by atoms with Gasteiger partial charge in [-0.15, -0.1) is 0 Å². The van der Waals surface area contributed by atoms with Gasteiger partial charge in [-0.05, 0) is 123 Å². The molecule has 4 aliphatic rings. The maximum Gasteiger partial charge on any atom is 0.0543 e. The molecule has 3 saturated carbocycles. The maximum absolute atomic E-state index is 10.3. The van der Waals surface area contributed by atoms with E-state index in [1.807, 2.05) is 5.57 Å². The standard InChI is InChI=1S/C30H50O/c1-19(2)24(20(3)4)10-8-21(5)26-12-13-27-25-11-9-22-18-23(31)14-16-29(22,6)28(25)15-17-30(26,27)7/h11,20-24,26-28,31H,1,8-10,12-18H2,2-7H3/t21-,22+,23+,24?,26-,27?,28?,29+,30-/m1/s1. The molecule has 9 atom stereocenters. The van der Waals surface area contributed by atoms with E-state index in [0.717, 1.165) is 36.5 Å². The van der Waals surface area contributed by atoms with Crippen LogP contribution in [-0.4, -0.2) is 11.2 Å². The molecule has 4 rings (SSSR count). The molecule has 4 aliphatic carbocycles. The molecular formula is C30H50O. The zero-order chi connectivity index (χ0) is 22.6. The lowest BCUT2D eigenvalue weighted by Gasteiger charge is -2.57. The molecular weight excluding hydrogens is 376 g/mol. The highest BCUT2D eigenvalue weighted by Crippen LogP contribution is 2.67. The molecule has 0 heterocycles. The van der Waals surface area contributed by atoms with Crippen LogP contribution in [0.5, 0.6) is 0 Å². The third kappa shape index (κ3) is 4.00. The SMILES string of the molecule is C=C(C)C(CC[C@@H](C)[C@H]1CCC2C3=CC[C@H]4C[C@@H](O)CC[C@]4(C)C3CC[C@@]21C)C(C)C. The number of allylic oxidation sites excluding steroid dienone is 3. The van der Waals surface area contributed by atoms with Crippen LogP contribution < -0.4 is 0 Å². The van der Waals surface area contributed by atoms with E-state index in [1.54, 1.807) is 0 Å².